The Bertz CT molecular complexity index is 419. The SMILES string of the molecule is CCN(Cc1cccc(CNCC(C)C)n1)CC(F)(F)F. The van der Waals surface area contributed by atoms with E-state index in [0.717, 1.165) is 12.2 Å². The quantitative estimate of drug-likeness (QED) is 0.799. The lowest BCUT2D eigenvalue weighted by Gasteiger charge is -2.21. The van der Waals surface area contributed by atoms with Gasteiger partial charge in [0.05, 0.1) is 17.9 Å². The molecule has 6 heteroatoms. The lowest BCUT2D eigenvalue weighted by atomic mass is 10.2. The minimum Gasteiger partial charge on any atom is -0.311 e. The molecular weight excluding hydrogens is 279 g/mol. The average Bonchev–Trinajstić information content (AvgIpc) is 2.36. The molecule has 3 nitrogen and oxygen atoms in total. The van der Waals surface area contributed by atoms with Crippen molar-refractivity contribution in [2.24, 2.45) is 5.92 Å². The van der Waals surface area contributed by atoms with Gasteiger partial charge in [-0.1, -0.05) is 26.8 Å². The van der Waals surface area contributed by atoms with E-state index in [0.29, 0.717) is 24.7 Å². The molecule has 0 bridgehead atoms. The molecule has 0 amide bonds. The number of halogens is 3. The number of hydrogen-bond acceptors (Lipinski definition) is 3. The van der Waals surface area contributed by atoms with Gasteiger partial charge in [0.15, 0.2) is 0 Å². The molecule has 1 rings (SSSR count). The highest BCUT2D eigenvalue weighted by Gasteiger charge is 2.30. The van der Waals surface area contributed by atoms with Gasteiger partial charge in [-0.3, -0.25) is 9.88 Å². The van der Waals surface area contributed by atoms with E-state index in [9.17, 15) is 13.2 Å². The summed E-state index contributed by atoms with van der Waals surface area (Å²) in [6.45, 7) is 7.14. The molecule has 1 heterocycles. The Hall–Kier alpha value is -1.14. The van der Waals surface area contributed by atoms with Crippen molar-refractivity contribution in [2.75, 3.05) is 19.6 Å². The number of hydrogen-bond donors (Lipinski definition) is 1. The predicted molar refractivity (Wildman–Crippen MR) is 77.8 cm³/mol. The molecular formula is C15H24F3N3. The lowest BCUT2D eigenvalue weighted by Crippen LogP contribution is -2.34. The number of pyridine rings is 1. The fraction of sp³-hybridized carbons (Fsp3) is 0.667. The zero-order valence-electron chi connectivity index (χ0n) is 12.9. The van der Waals surface area contributed by atoms with Crippen LogP contribution in [-0.2, 0) is 13.1 Å². The smallest absolute Gasteiger partial charge is 0.311 e. The summed E-state index contributed by atoms with van der Waals surface area (Å²) >= 11 is 0. The molecule has 1 aromatic rings. The number of aromatic nitrogens is 1. The highest BCUT2D eigenvalue weighted by atomic mass is 19.4. The van der Waals surface area contributed by atoms with E-state index in [-0.39, 0.29) is 6.54 Å². The van der Waals surface area contributed by atoms with Crippen molar-refractivity contribution in [3.63, 3.8) is 0 Å². The summed E-state index contributed by atoms with van der Waals surface area (Å²) in [6.07, 6.45) is -4.17. The maximum atomic E-state index is 12.4. The summed E-state index contributed by atoms with van der Waals surface area (Å²) in [5.74, 6) is 0.551. The normalized spacial score (nSPS) is 12.4. The number of nitrogens with zero attached hydrogens (tertiary/aromatic N) is 2. The van der Waals surface area contributed by atoms with Crippen LogP contribution < -0.4 is 5.32 Å². The number of nitrogens with one attached hydrogen (secondary N) is 1. The maximum absolute atomic E-state index is 12.4. The third-order valence-corrected chi connectivity index (χ3v) is 2.96. The van der Waals surface area contributed by atoms with E-state index in [2.05, 4.69) is 24.1 Å². The van der Waals surface area contributed by atoms with Gasteiger partial charge in [0.1, 0.15) is 0 Å². The van der Waals surface area contributed by atoms with Crippen molar-refractivity contribution < 1.29 is 13.2 Å². The first-order valence-corrected chi connectivity index (χ1v) is 7.24. The van der Waals surface area contributed by atoms with E-state index < -0.39 is 12.7 Å². The molecule has 1 N–H and O–H groups in total. The monoisotopic (exact) mass is 303 g/mol. The van der Waals surface area contributed by atoms with Gasteiger partial charge in [-0.25, -0.2) is 0 Å². The van der Waals surface area contributed by atoms with Crippen molar-refractivity contribution >= 4 is 0 Å². The van der Waals surface area contributed by atoms with Gasteiger partial charge < -0.3 is 5.32 Å². The van der Waals surface area contributed by atoms with E-state index in [1.165, 1.54) is 4.90 Å². The topological polar surface area (TPSA) is 28.2 Å². The highest BCUT2D eigenvalue weighted by Crippen LogP contribution is 2.17. The molecule has 0 unspecified atom stereocenters. The molecule has 0 radical (unpaired) electrons. The predicted octanol–water partition coefficient (Wildman–Crippen LogP) is 3.21. The Morgan fingerprint density at radius 2 is 1.90 bits per heavy atom. The van der Waals surface area contributed by atoms with Crippen LogP contribution in [0.2, 0.25) is 0 Å². The zero-order chi connectivity index (χ0) is 15.9. The van der Waals surface area contributed by atoms with Crippen LogP contribution in [0, 0.1) is 5.92 Å². The Morgan fingerprint density at radius 1 is 1.24 bits per heavy atom. The summed E-state index contributed by atoms with van der Waals surface area (Å²) in [5.41, 5.74) is 1.53. The minimum absolute atomic E-state index is 0.216. The molecule has 0 aliphatic carbocycles. The van der Waals surface area contributed by atoms with Crippen LogP contribution in [0.5, 0.6) is 0 Å². The van der Waals surface area contributed by atoms with Crippen molar-refractivity contribution in [3.8, 4) is 0 Å². The second kappa shape index (κ2) is 8.34. The summed E-state index contributed by atoms with van der Waals surface area (Å²) in [7, 11) is 0. The Morgan fingerprint density at radius 3 is 2.48 bits per heavy atom. The molecule has 0 saturated heterocycles. The van der Waals surface area contributed by atoms with Gasteiger partial charge in [-0.05, 0) is 31.1 Å². The molecule has 0 aliphatic heterocycles. The molecule has 0 aromatic carbocycles. The van der Waals surface area contributed by atoms with Crippen molar-refractivity contribution in [1.29, 1.82) is 0 Å². The second-order valence-corrected chi connectivity index (χ2v) is 5.56. The first kappa shape index (κ1) is 17.9. The van der Waals surface area contributed by atoms with Crippen LogP contribution in [-0.4, -0.2) is 35.7 Å². The third kappa shape index (κ3) is 8.02. The van der Waals surface area contributed by atoms with E-state index in [4.69, 9.17) is 0 Å². The summed E-state index contributed by atoms with van der Waals surface area (Å²) < 4.78 is 37.3. The Labute approximate surface area is 124 Å². The standard InChI is InChI=1S/C15H24F3N3/c1-4-21(11-15(16,17)18)10-14-7-5-6-13(20-14)9-19-8-12(2)3/h5-7,12,19H,4,8-11H2,1-3H3. The van der Waals surface area contributed by atoms with Gasteiger partial charge in [-0.2, -0.15) is 13.2 Å². The van der Waals surface area contributed by atoms with Gasteiger partial charge in [-0.15, -0.1) is 0 Å². The van der Waals surface area contributed by atoms with E-state index >= 15 is 0 Å². The Kier molecular flexibility index (Phi) is 7.11. The molecule has 1 aromatic heterocycles. The van der Waals surface area contributed by atoms with E-state index in [1.807, 2.05) is 12.1 Å². The summed E-state index contributed by atoms with van der Waals surface area (Å²) in [4.78, 5) is 5.76. The second-order valence-electron chi connectivity index (χ2n) is 5.56. The molecule has 120 valence electrons. The lowest BCUT2D eigenvalue weighted by molar-refractivity contribution is -0.146. The number of alkyl halides is 3. The van der Waals surface area contributed by atoms with Gasteiger partial charge >= 0.3 is 6.18 Å². The van der Waals surface area contributed by atoms with Crippen LogP contribution >= 0.6 is 0 Å². The van der Waals surface area contributed by atoms with Crippen LogP contribution in [0.4, 0.5) is 13.2 Å². The van der Waals surface area contributed by atoms with Gasteiger partial charge in [0.25, 0.3) is 0 Å². The summed E-state index contributed by atoms with van der Waals surface area (Å²) in [5, 5.41) is 3.28. The van der Waals surface area contributed by atoms with Crippen molar-refractivity contribution in [1.82, 2.24) is 15.2 Å². The van der Waals surface area contributed by atoms with Crippen LogP contribution in [0.15, 0.2) is 18.2 Å². The molecule has 0 fully saturated rings. The molecule has 0 spiro atoms. The van der Waals surface area contributed by atoms with Crippen molar-refractivity contribution in [2.45, 2.75) is 40.0 Å². The third-order valence-electron chi connectivity index (χ3n) is 2.96. The fourth-order valence-electron chi connectivity index (χ4n) is 1.97. The van der Waals surface area contributed by atoms with Crippen LogP contribution in [0.25, 0.3) is 0 Å². The average molecular weight is 303 g/mol. The zero-order valence-corrected chi connectivity index (χ0v) is 12.9. The largest absolute Gasteiger partial charge is 0.401 e. The first-order valence-electron chi connectivity index (χ1n) is 7.24. The van der Waals surface area contributed by atoms with Gasteiger partial charge in [0.2, 0.25) is 0 Å². The van der Waals surface area contributed by atoms with Crippen LogP contribution in [0.3, 0.4) is 0 Å². The molecule has 0 aliphatic rings. The van der Waals surface area contributed by atoms with Crippen molar-refractivity contribution in [3.05, 3.63) is 29.6 Å². The van der Waals surface area contributed by atoms with Gasteiger partial charge in [0, 0.05) is 13.1 Å². The minimum atomic E-state index is -4.17. The Balaban J connectivity index is 2.58. The molecule has 21 heavy (non-hydrogen) atoms. The molecule has 0 atom stereocenters. The molecule has 0 saturated carbocycles. The first-order chi connectivity index (χ1) is 9.80. The maximum Gasteiger partial charge on any atom is 0.401 e. The number of rotatable bonds is 8. The highest BCUT2D eigenvalue weighted by molar-refractivity contribution is 5.11. The van der Waals surface area contributed by atoms with E-state index in [1.54, 1.807) is 13.0 Å². The van der Waals surface area contributed by atoms with Crippen LogP contribution in [0.1, 0.15) is 32.2 Å². The summed E-state index contributed by atoms with van der Waals surface area (Å²) in [6, 6.07) is 5.50. The fourth-order valence-corrected chi connectivity index (χ4v) is 1.97.